The van der Waals surface area contributed by atoms with E-state index in [1.165, 1.54) is 12.3 Å². The molecule has 0 radical (unpaired) electrons. The largest absolute Gasteiger partial charge is 0.323 e. The number of rotatable bonds is 3. The van der Waals surface area contributed by atoms with E-state index in [4.69, 9.17) is 0 Å². The van der Waals surface area contributed by atoms with Gasteiger partial charge in [0.15, 0.2) is 0 Å². The molecule has 2 fully saturated rings. The lowest BCUT2D eigenvalue weighted by Gasteiger charge is -2.22. The third-order valence-electron chi connectivity index (χ3n) is 5.37. The fourth-order valence-electron chi connectivity index (χ4n) is 3.69. The first-order valence-corrected chi connectivity index (χ1v) is 10.0. The molecule has 1 aromatic carbocycles. The van der Waals surface area contributed by atoms with Gasteiger partial charge in [-0.25, -0.2) is 12.8 Å². The molecule has 1 saturated carbocycles. The van der Waals surface area contributed by atoms with Crippen molar-refractivity contribution >= 4 is 21.4 Å². The lowest BCUT2D eigenvalue weighted by molar-refractivity contribution is -0.118. The van der Waals surface area contributed by atoms with Gasteiger partial charge >= 0.3 is 0 Å². The van der Waals surface area contributed by atoms with E-state index >= 15 is 0 Å². The highest BCUT2D eigenvalue weighted by atomic mass is 32.2. The smallest absolute Gasteiger partial charge is 0.228 e. The van der Waals surface area contributed by atoms with Crippen LogP contribution in [0.5, 0.6) is 0 Å². The van der Waals surface area contributed by atoms with Crippen molar-refractivity contribution < 1.29 is 17.6 Å². The Bertz CT molecular complexity index is 924. The van der Waals surface area contributed by atoms with Crippen LogP contribution in [0.4, 0.5) is 10.1 Å². The molecular formula is C17H18FN3O3S. The van der Waals surface area contributed by atoms with Crippen molar-refractivity contribution in [3.05, 3.63) is 36.3 Å². The van der Waals surface area contributed by atoms with Gasteiger partial charge in [0.25, 0.3) is 0 Å². The summed E-state index contributed by atoms with van der Waals surface area (Å²) in [6, 6.07) is 6.27. The molecule has 1 amide bonds. The Balaban J connectivity index is 1.49. The summed E-state index contributed by atoms with van der Waals surface area (Å²) >= 11 is 0. The monoisotopic (exact) mass is 363 g/mol. The van der Waals surface area contributed by atoms with E-state index in [-0.39, 0.29) is 28.7 Å². The number of benzene rings is 1. The zero-order valence-corrected chi connectivity index (χ0v) is 14.3. The molecule has 0 bridgehead atoms. The standard InChI is InChI=1S/C17H18FN3O3S/c18-13-4-2-1-3-11(13)15-14(10-19-21-15)20-16(22)12-9-17(12)5-7-25(23,24)8-6-17/h1-4,10,12H,5-9H2,(H,19,21)(H,20,22). The van der Waals surface area contributed by atoms with E-state index in [1.54, 1.807) is 18.2 Å². The normalized spacial score (nSPS) is 23.3. The van der Waals surface area contributed by atoms with Crippen LogP contribution >= 0.6 is 0 Å². The van der Waals surface area contributed by atoms with Crippen LogP contribution in [-0.2, 0) is 14.6 Å². The molecule has 1 aliphatic carbocycles. The second-order valence-electron chi connectivity index (χ2n) is 6.90. The number of halogens is 1. The molecule has 6 nitrogen and oxygen atoms in total. The number of hydrogen-bond donors (Lipinski definition) is 2. The highest BCUT2D eigenvalue weighted by molar-refractivity contribution is 7.91. The summed E-state index contributed by atoms with van der Waals surface area (Å²) < 4.78 is 37.2. The Kier molecular flexibility index (Phi) is 3.68. The third kappa shape index (κ3) is 2.95. The van der Waals surface area contributed by atoms with E-state index in [9.17, 15) is 17.6 Å². The molecule has 4 rings (SSSR count). The van der Waals surface area contributed by atoms with Crippen LogP contribution < -0.4 is 5.32 Å². The van der Waals surface area contributed by atoms with E-state index in [1.807, 2.05) is 0 Å². The van der Waals surface area contributed by atoms with Gasteiger partial charge in [-0.1, -0.05) is 12.1 Å². The Morgan fingerprint density at radius 1 is 1.28 bits per heavy atom. The van der Waals surface area contributed by atoms with Crippen LogP contribution in [0.15, 0.2) is 30.5 Å². The van der Waals surface area contributed by atoms with Crippen LogP contribution in [0.3, 0.4) is 0 Å². The van der Waals surface area contributed by atoms with Crippen LogP contribution in [-0.4, -0.2) is 36.0 Å². The number of carbonyl (C=O) groups excluding carboxylic acids is 1. The van der Waals surface area contributed by atoms with Crippen molar-refractivity contribution in [3.63, 3.8) is 0 Å². The molecular weight excluding hydrogens is 345 g/mol. The first kappa shape index (κ1) is 16.3. The van der Waals surface area contributed by atoms with Gasteiger partial charge in [0.2, 0.25) is 5.91 Å². The van der Waals surface area contributed by atoms with E-state index in [2.05, 4.69) is 15.5 Å². The van der Waals surface area contributed by atoms with Gasteiger partial charge in [-0.05, 0) is 36.8 Å². The number of nitrogens with zero attached hydrogens (tertiary/aromatic N) is 1. The highest BCUT2D eigenvalue weighted by Crippen LogP contribution is 2.60. The van der Waals surface area contributed by atoms with Gasteiger partial charge in [-0.3, -0.25) is 9.89 Å². The topological polar surface area (TPSA) is 91.9 Å². The van der Waals surface area contributed by atoms with E-state index < -0.39 is 15.7 Å². The summed E-state index contributed by atoms with van der Waals surface area (Å²) in [5.41, 5.74) is 1.01. The molecule has 132 valence electrons. The maximum absolute atomic E-state index is 14.0. The summed E-state index contributed by atoms with van der Waals surface area (Å²) in [6.45, 7) is 0. The van der Waals surface area contributed by atoms with Gasteiger partial charge in [-0.2, -0.15) is 5.10 Å². The van der Waals surface area contributed by atoms with Gasteiger partial charge in [0, 0.05) is 11.5 Å². The van der Waals surface area contributed by atoms with E-state index in [0.717, 1.165) is 0 Å². The molecule has 1 spiro atoms. The summed E-state index contributed by atoms with van der Waals surface area (Å²) in [5, 5.41) is 9.46. The molecule has 2 aliphatic rings. The number of aromatic amines is 1. The van der Waals surface area contributed by atoms with Crippen molar-refractivity contribution in [3.8, 4) is 11.3 Å². The van der Waals surface area contributed by atoms with Crippen molar-refractivity contribution in [1.82, 2.24) is 10.2 Å². The lowest BCUT2D eigenvalue weighted by Crippen LogP contribution is -2.28. The van der Waals surface area contributed by atoms with Crippen LogP contribution in [0.1, 0.15) is 19.3 Å². The Labute approximate surface area is 144 Å². The number of amides is 1. The fraction of sp³-hybridized carbons (Fsp3) is 0.412. The average molecular weight is 363 g/mol. The summed E-state index contributed by atoms with van der Waals surface area (Å²) in [4.78, 5) is 12.6. The van der Waals surface area contributed by atoms with Crippen LogP contribution in [0.25, 0.3) is 11.3 Å². The van der Waals surface area contributed by atoms with Gasteiger partial charge in [0.05, 0.1) is 29.1 Å². The number of H-pyrrole nitrogens is 1. The highest BCUT2D eigenvalue weighted by Gasteiger charge is 2.59. The number of nitrogens with one attached hydrogen (secondary N) is 2. The predicted octanol–water partition coefficient (Wildman–Crippen LogP) is 2.37. The fourth-order valence-corrected chi connectivity index (χ4v) is 5.32. The summed E-state index contributed by atoms with van der Waals surface area (Å²) in [5.74, 6) is -0.432. The molecule has 2 heterocycles. The third-order valence-corrected chi connectivity index (χ3v) is 7.02. The number of carbonyl (C=O) groups is 1. The molecule has 2 aromatic rings. The second kappa shape index (κ2) is 5.66. The zero-order valence-electron chi connectivity index (χ0n) is 13.5. The molecule has 1 saturated heterocycles. The first-order valence-electron chi connectivity index (χ1n) is 8.20. The molecule has 1 unspecified atom stereocenters. The van der Waals surface area contributed by atoms with Crippen LogP contribution in [0, 0.1) is 17.2 Å². The SMILES string of the molecule is O=C(Nc1cn[nH]c1-c1ccccc1F)C1CC12CCS(=O)(=O)CC2. The quantitative estimate of drug-likeness (QED) is 0.876. The van der Waals surface area contributed by atoms with Gasteiger partial charge < -0.3 is 5.32 Å². The van der Waals surface area contributed by atoms with Crippen LogP contribution in [0.2, 0.25) is 0 Å². The molecule has 1 aliphatic heterocycles. The second-order valence-corrected chi connectivity index (χ2v) is 9.20. The Morgan fingerprint density at radius 2 is 2.00 bits per heavy atom. The van der Waals surface area contributed by atoms with Gasteiger partial charge in [0.1, 0.15) is 15.7 Å². The predicted molar refractivity (Wildman–Crippen MR) is 91.0 cm³/mol. The molecule has 2 N–H and O–H groups in total. The van der Waals surface area contributed by atoms with Crippen molar-refractivity contribution in [1.29, 1.82) is 0 Å². The number of anilines is 1. The molecule has 1 aromatic heterocycles. The minimum atomic E-state index is -2.95. The molecule has 25 heavy (non-hydrogen) atoms. The zero-order chi connectivity index (χ0) is 17.7. The lowest BCUT2D eigenvalue weighted by atomic mass is 9.96. The van der Waals surface area contributed by atoms with Crippen molar-refractivity contribution in [2.75, 3.05) is 16.8 Å². The maximum Gasteiger partial charge on any atom is 0.228 e. The maximum atomic E-state index is 14.0. The van der Waals surface area contributed by atoms with Crippen molar-refractivity contribution in [2.24, 2.45) is 11.3 Å². The minimum absolute atomic E-state index is 0.154. The summed E-state index contributed by atoms with van der Waals surface area (Å²) in [7, 11) is -2.95. The Hall–Kier alpha value is -2.22. The minimum Gasteiger partial charge on any atom is -0.323 e. The number of hydrogen-bond acceptors (Lipinski definition) is 4. The molecule has 1 atom stereocenters. The summed E-state index contributed by atoms with van der Waals surface area (Å²) in [6.07, 6.45) is 3.25. The van der Waals surface area contributed by atoms with Gasteiger partial charge in [-0.15, -0.1) is 0 Å². The molecule has 8 heteroatoms. The van der Waals surface area contributed by atoms with E-state index in [0.29, 0.717) is 36.2 Å². The Morgan fingerprint density at radius 3 is 2.72 bits per heavy atom. The van der Waals surface area contributed by atoms with Crippen molar-refractivity contribution in [2.45, 2.75) is 19.3 Å². The number of sulfone groups is 1. The number of aromatic nitrogens is 2. The average Bonchev–Trinajstić information content (AvgIpc) is 3.12. The first-order chi connectivity index (χ1) is 11.9.